The van der Waals surface area contributed by atoms with Crippen LogP contribution in [0.3, 0.4) is 0 Å². The summed E-state index contributed by atoms with van der Waals surface area (Å²) < 4.78 is 17.6. The lowest BCUT2D eigenvalue weighted by Crippen LogP contribution is -2.22. The van der Waals surface area contributed by atoms with E-state index in [0.29, 0.717) is 64.5 Å². The molecule has 0 aliphatic heterocycles. The Morgan fingerprint density at radius 1 is 0.971 bits per heavy atom. The number of fused-ring (bicyclic) bond motifs is 3. The number of ether oxygens (including phenoxy) is 3. The van der Waals surface area contributed by atoms with Gasteiger partial charge in [0.15, 0.2) is 16.3 Å². The van der Waals surface area contributed by atoms with Gasteiger partial charge >= 0.3 is 0 Å². The molecule has 0 radical (unpaired) electrons. The maximum atomic E-state index is 13.1. The van der Waals surface area contributed by atoms with Gasteiger partial charge in [-0.2, -0.15) is 0 Å². The minimum atomic E-state index is -0.191. The number of H-pyrrole nitrogens is 2. The first-order valence-corrected chi connectivity index (χ1v) is 11.2. The van der Waals surface area contributed by atoms with Crippen LogP contribution in [-0.2, 0) is 11.3 Å². The first kappa shape index (κ1) is 23.4. The molecule has 0 bridgehead atoms. The third-order valence-corrected chi connectivity index (χ3v) is 5.97. The normalized spacial score (nSPS) is 11.0. The number of methoxy groups -OCH3 is 3. The van der Waals surface area contributed by atoms with Gasteiger partial charge in [0.25, 0.3) is 5.56 Å². The highest BCUT2D eigenvalue weighted by molar-refractivity contribution is 7.71. The number of carbonyl (C=O) groups excluding carboxylic acids is 1. The van der Waals surface area contributed by atoms with E-state index in [4.69, 9.17) is 26.4 Å². The van der Waals surface area contributed by atoms with Crippen molar-refractivity contribution in [1.29, 1.82) is 0 Å². The number of carbonyl (C=O) groups is 1. The van der Waals surface area contributed by atoms with E-state index in [1.54, 1.807) is 39.5 Å². The summed E-state index contributed by atoms with van der Waals surface area (Å²) in [7, 11) is 4.69. The van der Waals surface area contributed by atoms with E-state index in [2.05, 4.69) is 15.3 Å². The quantitative estimate of drug-likeness (QED) is 0.241. The zero-order valence-electron chi connectivity index (χ0n) is 19.2. The van der Waals surface area contributed by atoms with Crippen LogP contribution >= 0.6 is 12.2 Å². The van der Waals surface area contributed by atoms with Crippen molar-refractivity contribution in [1.82, 2.24) is 14.5 Å². The second-order valence-corrected chi connectivity index (χ2v) is 8.14. The molecule has 4 rings (SSSR count). The number of anilines is 1. The molecule has 2 aromatic heterocycles. The molecule has 0 aliphatic rings. The molecule has 1 amide bonds. The number of amides is 1. The molecule has 0 fully saturated rings. The monoisotopic (exact) mass is 482 g/mol. The second kappa shape index (κ2) is 10.0. The highest BCUT2D eigenvalue weighted by atomic mass is 32.1. The molecule has 2 aromatic carbocycles. The van der Waals surface area contributed by atoms with E-state index >= 15 is 0 Å². The minimum absolute atomic E-state index is 0.121. The molecule has 0 atom stereocenters. The summed E-state index contributed by atoms with van der Waals surface area (Å²) in [5.41, 5.74) is 2.38. The van der Waals surface area contributed by atoms with Gasteiger partial charge in [-0.25, -0.2) is 0 Å². The van der Waals surface area contributed by atoms with Gasteiger partial charge in [-0.05, 0) is 55.4 Å². The largest absolute Gasteiger partial charge is 0.497 e. The number of hydrogen-bond donors (Lipinski definition) is 3. The Bertz CT molecular complexity index is 1470. The fourth-order valence-corrected chi connectivity index (χ4v) is 4.16. The van der Waals surface area contributed by atoms with Crippen LogP contribution in [0, 0.1) is 4.77 Å². The lowest BCUT2D eigenvalue weighted by Gasteiger charge is -2.11. The van der Waals surface area contributed by atoms with Crippen LogP contribution in [0.1, 0.15) is 19.3 Å². The van der Waals surface area contributed by atoms with Crippen LogP contribution in [-0.4, -0.2) is 41.8 Å². The molecule has 34 heavy (non-hydrogen) atoms. The summed E-state index contributed by atoms with van der Waals surface area (Å²) in [6, 6.07) is 10.8. The third kappa shape index (κ3) is 4.62. The van der Waals surface area contributed by atoms with E-state index in [-0.39, 0.29) is 11.5 Å². The second-order valence-electron chi connectivity index (χ2n) is 7.75. The zero-order chi connectivity index (χ0) is 24.2. The SMILES string of the molecule is COc1ccc2[nH]c3c(=O)n(CCCCC(=O)Nc4ccc(OC)c(OC)c4)c(=S)[nH]c3c2c1. The smallest absolute Gasteiger partial charge is 0.278 e. The van der Waals surface area contributed by atoms with E-state index in [1.807, 2.05) is 18.2 Å². The predicted molar refractivity (Wildman–Crippen MR) is 134 cm³/mol. The summed E-state index contributed by atoms with van der Waals surface area (Å²) in [6.45, 7) is 0.409. The van der Waals surface area contributed by atoms with E-state index in [1.165, 1.54) is 4.57 Å². The highest BCUT2D eigenvalue weighted by Gasteiger charge is 2.13. The zero-order valence-corrected chi connectivity index (χ0v) is 20.0. The van der Waals surface area contributed by atoms with Crippen LogP contribution in [0.2, 0.25) is 0 Å². The van der Waals surface area contributed by atoms with Gasteiger partial charge in [0.05, 0.1) is 26.8 Å². The number of benzene rings is 2. The standard InChI is InChI=1S/C24H26N4O5S/c1-31-15-8-9-17-16(13-15)21-22(26-17)23(30)28(24(34)27-21)11-5-4-6-20(29)25-14-7-10-18(32-2)19(12-14)33-3/h7-10,12-13,26H,4-6,11H2,1-3H3,(H,25,29)(H,27,34). The topological polar surface area (TPSA) is 110 Å². The Hall–Kier alpha value is -3.79. The van der Waals surface area contributed by atoms with Crippen molar-refractivity contribution in [3.63, 3.8) is 0 Å². The molecule has 3 N–H and O–H groups in total. The molecule has 0 unspecified atom stereocenters. The van der Waals surface area contributed by atoms with Crippen molar-refractivity contribution < 1.29 is 19.0 Å². The van der Waals surface area contributed by atoms with Gasteiger partial charge in [-0.15, -0.1) is 0 Å². The fourth-order valence-electron chi connectivity index (χ4n) is 3.89. The Labute approximate surface area is 200 Å². The van der Waals surface area contributed by atoms with Crippen molar-refractivity contribution in [2.75, 3.05) is 26.6 Å². The molecule has 2 heterocycles. The Morgan fingerprint density at radius 2 is 1.76 bits per heavy atom. The molecule has 9 nitrogen and oxygen atoms in total. The Kier molecular flexibility index (Phi) is 6.87. The van der Waals surface area contributed by atoms with E-state index in [9.17, 15) is 9.59 Å². The van der Waals surface area contributed by atoms with Crippen LogP contribution < -0.4 is 25.1 Å². The number of hydrogen-bond acceptors (Lipinski definition) is 6. The highest BCUT2D eigenvalue weighted by Crippen LogP contribution is 2.30. The van der Waals surface area contributed by atoms with Crippen molar-refractivity contribution >= 4 is 45.7 Å². The maximum absolute atomic E-state index is 13.1. The number of aromatic nitrogens is 3. The van der Waals surface area contributed by atoms with Crippen LogP contribution in [0.15, 0.2) is 41.2 Å². The van der Waals surface area contributed by atoms with Gasteiger partial charge in [-0.1, -0.05) is 0 Å². The van der Waals surface area contributed by atoms with E-state index in [0.717, 1.165) is 10.9 Å². The van der Waals surface area contributed by atoms with Gasteiger partial charge in [0.1, 0.15) is 11.3 Å². The molecule has 0 aliphatic carbocycles. The average Bonchev–Trinajstić information content (AvgIpc) is 3.21. The number of nitrogens with zero attached hydrogens (tertiary/aromatic N) is 1. The van der Waals surface area contributed by atoms with Crippen LogP contribution in [0.5, 0.6) is 17.2 Å². The van der Waals surface area contributed by atoms with Gasteiger partial charge in [0, 0.05) is 35.6 Å². The van der Waals surface area contributed by atoms with Crippen molar-refractivity contribution in [2.24, 2.45) is 0 Å². The summed E-state index contributed by atoms with van der Waals surface area (Å²) >= 11 is 5.45. The van der Waals surface area contributed by atoms with Gasteiger partial charge in [0.2, 0.25) is 5.91 Å². The van der Waals surface area contributed by atoms with Crippen LogP contribution in [0.25, 0.3) is 21.9 Å². The number of nitrogens with one attached hydrogen (secondary N) is 3. The molecule has 0 spiro atoms. The first-order valence-electron chi connectivity index (χ1n) is 10.8. The number of unbranched alkanes of at least 4 members (excludes halogenated alkanes) is 1. The molecule has 178 valence electrons. The molecule has 4 aromatic rings. The predicted octanol–water partition coefficient (Wildman–Crippen LogP) is 4.38. The van der Waals surface area contributed by atoms with E-state index < -0.39 is 0 Å². The van der Waals surface area contributed by atoms with Crippen molar-refractivity contribution in [3.05, 3.63) is 51.5 Å². The Balaban J connectivity index is 1.41. The fraction of sp³-hybridized carbons (Fsp3) is 0.292. The van der Waals surface area contributed by atoms with Crippen molar-refractivity contribution in [3.8, 4) is 17.2 Å². The first-order chi connectivity index (χ1) is 16.4. The third-order valence-electron chi connectivity index (χ3n) is 5.64. The van der Waals surface area contributed by atoms with Crippen molar-refractivity contribution in [2.45, 2.75) is 25.8 Å². The molecule has 10 heteroatoms. The van der Waals surface area contributed by atoms with Gasteiger partial charge in [-0.3, -0.25) is 14.2 Å². The summed E-state index contributed by atoms with van der Waals surface area (Å²) in [6.07, 6.45) is 1.53. The summed E-state index contributed by atoms with van der Waals surface area (Å²) in [4.78, 5) is 31.7. The Morgan fingerprint density at radius 3 is 2.50 bits per heavy atom. The molecular weight excluding hydrogens is 456 g/mol. The molecular formula is C24H26N4O5S. The minimum Gasteiger partial charge on any atom is -0.497 e. The van der Waals surface area contributed by atoms with Gasteiger partial charge < -0.3 is 29.5 Å². The summed E-state index contributed by atoms with van der Waals surface area (Å²) in [5.74, 6) is 1.71. The van der Waals surface area contributed by atoms with Crippen LogP contribution in [0.4, 0.5) is 5.69 Å². The molecule has 0 saturated heterocycles. The lowest BCUT2D eigenvalue weighted by atomic mass is 10.2. The maximum Gasteiger partial charge on any atom is 0.278 e. The number of rotatable bonds is 9. The summed E-state index contributed by atoms with van der Waals surface area (Å²) in [5, 5.41) is 3.70. The molecule has 0 saturated carbocycles. The number of aromatic amines is 2. The lowest BCUT2D eigenvalue weighted by molar-refractivity contribution is -0.116. The average molecular weight is 483 g/mol.